The maximum atomic E-state index is 12.2. The van der Waals surface area contributed by atoms with Crippen LogP contribution in [-0.4, -0.2) is 38.7 Å². The van der Waals surface area contributed by atoms with Gasteiger partial charge in [0.25, 0.3) is 10.0 Å². The molecular formula is C14H18N2O4S. The molecule has 1 atom stereocenters. The molecular weight excluding hydrogens is 292 g/mol. The molecule has 2 amide bonds. The van der Waals surface area contributed by atoms with Crippen LogP contribution in [0, 0.1) is 12.8 Å². The Labute approximate surface area is 124 Å². The standard InChI is InChI=1S/C14H18N2O4S/c1-10-5-3-4-6-12(10)21(19,20)15-14(18)11-7-8-16(2)13(17)9-11/h3-6,11H,7-9H2,1-2H3,(H,15,18). The molecule has 0 aromatic heterocycles. The molecule has 0 aliphatic carbocycles. The Bertz CT molecular complexity index is 669. The van der Waals surface area contributed by atoms with Crippen LogP contribution in [0.2, 0.25) is 0 Å². The predicted molar refractivity (Wildman–Crippen MR) is 76.9 cm³/mol. The molecule has 1 fully saturated rings. The monoisotopic (exact) mass is 310 g/mol. The average molecular weight is 310 g/mol. The number of rotatable bonds is 3. The summed E-state index contributed by atoms with van der Waals surface area (Å²) in [5.74, 6) is -1.35. The Balaban J connectivity index is 2.12. The molecule has 2 rings (SSSR count). The SMILES string of the molecule is Cc1ccccc1S(=O)(=O)NC(=O)C1CCN(C)C(=O)C1. The highest BCUT2D eigenvalue weighted by atomic mass is 32.2. The van der Waals surface area contributed by atoms with Crippen molar-refractivity contribution in [3.63, 3.8) is 0 Å². The summed E-state index contributed by atoms with van der Waals surface area (Å²) >= 11 is 0. The predicted octanol–water partition coefficient (Wildman–Crippen LogP) is 0.668. The molecule has 1 saturated heterocycles. The number of aryl methyl sites for hydroxylation is 1. The third-order valence-electron chi connectivity index (χ3n) is 3.65. The molecule has 0 spiro atoms. The summed E-state index contributed by atoms with van der Waals surface area (Å²) in [6.07, 6.45) is 0.517. The van der Waals surface area contributed by atoms with E-state index in [1.165, 1.54) is 6.07 Å². The Morgan fingerprint density at radius 2 is 2.00 bits per heavy atom. The molecule has 0 bridgehead atoms. The summed E-state index contributed by atoms with van der Waals surface area (Å²) in [7, 11) is -2.23. The minimum absolute atomic E-state index is 0.0472. The van der Waals surface area contributed by atoms with Gasteiger partial charge >= 0.3 is 0 Å². The molecule has 1 unspecified atom stereocenters. The van der Waals surface area contributed by atoms with E-state index < -0.39 is 21.8 Å². The summed E-state index contributed by atoms with van der Waals surface area (Å²) in [5, 5.41) is 0. The van der Waals surface area contributed by atoms with Crippen LogP contribution in [0.3, 0.4) is 0 Å². The molecule has 1 aromatic carbocycles. The van der Waals surface area contributed by atoms with Crippen molar-refractivity contribution < 1.29 is 18.0 Å². The second-order valence-corrected chi connectivity index (χ2v) is 6.89. The maximum Gasteiger partial charge on any atom is 0.264 e. The molecule has 0 radical (unpaired) electrons. The first-order valence-electron chi connectivity index (χ1n) is 6.67. The van der Waals surface area contributed by atoms with Gasteiger partial charge in [-0.1, -0.05) is 18.2 Å². The number of carbonyl (C=O) groups is 2. The zero-order valence-electron chi connectivity index (χ0n) is 12.0. The van der Waals surface area contributed by atoms with Gasteiger partial charge in [0.2, 0.25) is 11.8 Å². The fourth-order valence-electron chi connectivity index (χ4n) is 2.30. The van der Waals surface area contributed by atoms with Crippen LogP contribution in [0.5, 0.6) is 0 Å². The lowest BCUT2D eigenvalue weighted by Crippen LogP contribution is -2.43. The number of piperidine rings is 1. The molecule has 21 heavy (non-hydrogen) atoms. The second kappa shape index (κ2) is 5.85. The van der Waals surface area contributed by atoms with Crippen LogP contribution in [0.1, 0.15) is 18.4 Å². The van der Waals surface area contributed by atoms with Gasteiger partial charge in [0.05, 0.1) is 4.90 Å². The Hall–Kier alpha value is -1.89. The molecule has 1 aliphatic rings. The van der Waals surface area contributed by atoms with Crippen LogP contribution in [0.25, 0.3) is 0 Å². The Morgan fingerprint density at radius 1 is 1.33 bits per heavy atom. The van der Waals surface area contributed by atoms with Gasteiger partial charge < -0.3 is 4.90 Å². The molecule has 7 heteroatoms. The zero-order valence-corrected chi connectivity index (χ0v) is 12.8. The van der Waals surface area contributed by atoms with Crippen molar-refractivity contribution >= 4 is 21.8 Å². The lowest BCUT2D eigenvalue weighted by atomic mass is 9.96. The van der Waals surface area contributed by atoms with Crippen LogP contribution in [-0.2, 0) is 19.6 Å². The zero-order chi connectivity index (χ0) is 15.6. The normalized spacial score (nSPS) is 19.4. The van der Waals surface area contributed by atoms with Crippen LogP contribution < -0.4 is 4.72 Å². The first-order valence-corrected chi connectivity index (χ1v) is 8.16. The minimum atomic E-state index is -3.89. The van der Waals surface area contributed by atoms with Crippen LogP contribution in [0.4, 0.5) is 0 Å². The van der Waals surface area contributed by atoms with Crippen molar-refractivity contribution in [2.45, 2.75) is 24.7 Å². The highest BCUT2D eigenvalue weighted by Gasteiger charge is 2.31. The van der Waals surface area contributed by atoms with E-state index in [9.17, 15) is 18.0 Å². The summed E-state index contributed by atoms with van der Waals surface area (Å²) in [4.78, 5) is 25.3. The summed E-state index contributed by atoms with van der Waals surface area (Å²) in [6.45, 7) is 2.12. The maximum absolute atomic E-state index is 12.2. The lowest BCUT2D eigenvalue weighted by Gasteiger charge is -2.27. The first kappa shape index (κ1) is 15.5. The Kier molecular flexibility index (Phi) is 4.32. The van der Waals surface area contributed by atoms with E-state index in [4.69, 9.17) is 0 Å². The van der Waals surface area contributed by atoms with Gasteiger partial charge in [-0.3, -0.25) is 9.59 Å². The van der Waals surface area contributed by atoms with Crippen LogP contribution >= 0.6 is 0 Å². The van der Waals surface area contributed by atoms with Crippen molar-refractivity contribution in [1.29, 1.82) is 0 Å². The van der Waals surface area contributed by atoms with Crippen molar-refractivity contribution in [2.75, 3.05) is 13.6 Å². The minimum Gasteiger partial charge on any atom is -0.346 e. The number of amides is 2. The summed E-state index contributed by atoms with van der Waals surface area (Å²) in [5.41, 5.74) is 0.567. The van der Waals surface area contributed by atoms with Crippen molar-refractivity contribution in [1.82, 2.24) is 9.62 Å². The number of likely N-dealkylation sites (tertiary alicyclic amines) is 1. The van der Waals surface area contributed by atoms with E-state index in [1.807, 2.05) is 0 Å². The third-order valence-corrected chi connectivity index (χ3v) is 5.16. The van der Waals surface area contributed by atoms with Gasteiger partial charge in [-0.05, 0) is 25.0 Å². The molecule has 1 N–H and O–H groups in total. The van der Waals surface area contributed by atoms with E-state index in [0.29, 0.717) is 18.5 Å². The number of nitrogens with zero attached hydrogens (tertiary/aromatic N) is 1. The fourth-order valence-corrected chi connectivity index (χ4v) is 3.59. The summed E-state index contributed by atoms with van der Waals surface area (Å²) in [6, 6.07) is 6.44. The molecule has 1 aromatic rings. The van der Waals surface area contributed by atoms with E-state index in [0.717, 1.165) is 0 Å². The smallest absolute Gasteiger partial charge is 0.264 e. The number of carbonyl (C=O) groups excluding carboxylic acids is 2. The third kappa shape index (κ3) is 3.41. The fraction of sp³-hybridized carbons (Fsp3) is 0.429. The first-order chi connectivity index (χ1) is 9.81. The molecule has 0 saturated carbocycles. The van der Waals surface area contributed by atoms with E-state index >= 15 is 0 Å². The van der Waals surface area contributed by atoms with Gasteiger partial charge in [-0.25, -0.2) is 13.1 Å². The van der Waals surface area contributed by atoms with Crippen molar-refractivity contribution in [2.24, 2.45) is 5.92 Å². The van der Waals surface area contributed by atoms with Gasteiger partial charge in [0.15, 0.2) is 0 Å². The number of nitrogens with one attached hydrogen (secondary N) is 1. The van der Waals surface area contributed by atoms with Gasteiger partial charge in [-0.15, -0.1) is 0 Å². The average Bonchev–Trinajstić information content (AvgIpc) is 2.41. The van der Waals surface area contributed by atoms with Crippen molar-refractivity contribution in [3.8, 4) is 0 Å². The second-order valence-electron chi connectivity index (χ2n) is 5.24. The highest BCUT2D eigenvalue weighted by molar-refractivity contribution is 7.90. The number of benzene rings is 1. The number of hydrogen-bond acceptors (Lipinski definition) is 4. The van der Waals surface area contributed by atoms with E-state index in [1.54, 1.807) is 37.1 Å². The lowest BCUT2D eigenvalue weighted by molar-refractivity contribution is -0.138. The largest absolute Gasteiger partial charge is 0.346 e. The van der Waals surface area contributed by atoms with Crippen LogP contribution in [0.15, 0.2) is 29.2 Å². The Morgan fingerprint density at radius 3 is 2.62 bits per heavy atom. The van der Waals surface area contributed by atoms with E-state index in [-0.39, 0.29) is 17.2 Å². The van der Waals surface area contributed by atoms with Crippen molar-refractivity contribution in [3.05, 3.63) is 29.8 Å². The summed E-state index contributed by atoms with van der Waals surface area (Å²) < 4.78 is 26.5. The van der Waals surface area contributed by atoms with Gasteiger partial charge in [0, 0.05) is 25.9 Å². The topological polar surface area (TPSA) is 83.6 Å². The number of sulfonamides is 1. The molecule has 6 nitrogen and oxygen atoms in total. The highest BCUT2D eigenvalue weighted by Crippen LogP contribution is 2.19. The van der Waals surface area contributed by atoms with Gasteiger partial charge in [-0.2, -0.15) is 0 Å². The number of hydrogen-bond donors (Lipinski definition) is 1. The van der Waals surface area contributed by atoms with E-state index in [2.05, 4.69) is 4.72 Å². The molecule has 114 valence electrons. The molecule has 1 aliphatic heterocycles. The quantitative estimate of drug-likeness (QED) is 0.889. The molecule has 1 heterocycles. The van der Waals surface area contributed by atoms with Gasteiger partial charge in [0.1, 0.15) is 0 Å².